The van der Waals surface area contributed by atoms with E-state index in [9.17, 15) is 13.2 Å². The van der Waals surface area contributed by atoms with Gasteiger partial charge in [-0.3, -0.25) is 4.79 Å². The molecule has 1 saturated heterocycles. The van der Waals surface area contributed by atoms with Crippen LogP contribution in [-0.2, 0) is 19.4 Å². The molecule has 0 aromatic carbocycles. The number of sulfone groups is 1. The summed E-state index contributed by atoms with van der Waals surface area (Å²) in [4.78, 5) is 14.1. The van der Waals surface area contributed by atoms with Gasteiger partial charge < -0.3 is 9.64 Å². The minimum Gasteiger partial charge on any atom is -0.378 e. The third-order valence-corrected chi connectivity index (χ3v) is 6.86. The molecule has 1 amide bonds. The first-order valence-corrected chi connectivity index (χ1v) is 10.4. The van der Waals surface area contributed by atoms with Crippen LogP contribution in [-0.4, -0.2) is 56.0 Å². The minimum absolute atomic E-state index is 0.212. The van der Waals surface area contributed by atoms with Crippen molar-refractivity contribution in [1.82, 2.24) is 4.90 Å². The van der Waals surface area contributed by atoms with Crippen molar-refractivity contribution in [2.75, 3.05) is 25.4 Å². The first kappa shape index (κ1) is 17.7. The van der Waals surface area contributed by atoms with E-state index in [1.54, 1.807) is 4.90 Å². The molecule has 0 N–H and O–H groups in total. The first-order valence-electron chi connectivity index (χ1n) is 8.64. The van der Waals surface area contributed by atoms with Gasteiger partial charge in [0.05, 0.1) is 11.4 Å². The second kappa shape index (κ2) is 8.29. The smallest absolute Gasteiger partial charge is 0.237 e. The van der Waals surface area contributed by atoms with Crippen molar-refractivity contribution < 1.29 is 17.9 Å². The van der Waals surface area contributed by atoms with Crippen LogP contribution in [0, 0.1) is 0 Å². The van der Waals surface area contributed by atoms with Crippen molar-refractivity contribution in [3.05, 3.63) is 0 Å². The minimum atomic E-state index is -3.27. The third-order valence-electron chi connectivity index (χ3n) is 4.72. The molecule has 6 heteroatoms. The quantitative estimate of drug-likeness (QED) is 0.748. The highest BCUT2D eigenvalue weighted by Gasteiger charge is 2.32. The maximum Gasteiger partial charge on any atom is 0.237 e. The van der Waals surface area contributed by atoms with Gasteiger partial charge >= 0.3 is 0 Å². The van der Waals surface area contributed by atoms with Gasteiger partial charge in [-0.15, -0.1) is 0 Å². The largest absolute Gasteiger partial charge is 0.378 e. The second-order valence-electron chi connectivity index (χ2n) is 6.52. The second-order valence-corrected chi connectivity index (χ2v) is 8.80. The Labute approximate surface area is 134 Å². The van der Waals surface area contributed by atoms with E-state index < -0.39 is 9.84 Å². The van der Waals surface area contributed by atoms with E-state index in [0.717, 1.165) is 58.0 Å². The van der Waals surface area contributed by atoms with Gasteiger partial charge in [0.2, 0.25) is 5.91 Å². The lowest BCUT2D eigenvalue weighted by Gasteiger charge is -2.21. The molecule has 2 aliphatic rings. The summed E-state index contributed by atoms with van der Waals surface area (Å²) < 4.78 is 30.4. The lowest BCUT2D eigenvalue weighted by molar-refractivity contribution is -0.128. The molecule has 5 nitrogen and oxygen atoms in total. The molecule has 0 radical (unpaired) electrons. The van der Waals surface area contributed by atoms with Crippen LogP contribution in [0.2, 0.25) is 0 Å². The van der Waals surface area contributed by atoms with Crippen molar-refractivity contribution in [2.45, 2.75) is 69.6 Å². The fourth-order valence-corrected chi connectivity index (χ4v) is 5.21. The average molecular weight is 331 g/mol. The van der Waals surface area contributed by atoms with Gasteiger partial charge in [-0.25, -0.2) is 8.42 Å². The van der Waals surface area contributed by atoms with Gasteiger partial charge in [0.25, 0.3) is 0 Å². The van der Waals surface area contributed by atoms with Gasteiger partial charge in [-0.1, -0.05) is 19.8 Å². The highest BCUT2D eigenvalue weighted by Crippen LogP contribution is 2.25. The van der Waals surface area contributed by atoms with Crippen molar-refractivity contribution in [3.63, 3.8) is 0 Å². The van der Waals surface area contributed by atoms with Crippen molar-refractivity contribution >= 4 is 15.7 Å². The molecule has 1 aliphatic carbocycles. The lowest BCUT2D eigenvalue weighted by Crippen LogP contribution is -2.38. The predicted octanol–water partition coefficient (Wildman–Crippen LogP) is 2.15. The van der Waals surface area contributed by atoms with Gasteiger partial charge in [0.1, 0.15) is 5.75 Å². The van der Waals surface area contributed by atoms with E-state index >= 15 is 0 Å². The van der Waals surface area contributed by atoms with Crippen LogP contribution in [0.4, 0.5) is 0 Å². The zero-order valence-corrected chi connectivity index (χ0v) is 14.4. The Kier molecular flexibility index (Phi) is 6.68. The number of hydrogen-bond acceptors (Lipinski definition) is 4. The molecule has 1 aliphatic heterocycles. The maximum absolute atomic E-state index is 12.3. The van der Waals surface area contributed by atoms with Gasteiger partial charge in [0.15, 0.2) is 9.84 Å². The average Bonchev–Trinajstić information content (AvgIpc) is 2.92. The molecule has 128 valence electrons. The van der Waals surface area contributed by atoms with Crippen LogP contribution in [0.1, 0.15) is 58.3 Å². The zero-order valence-electron chi connectivity index (χ0n) is 13.6. The molecule has 0 spiro atoms. The summed E-state index contributed by atoms with van der Waals surface area (Å²) in [6.07, 6.45) is 7.27. The van der Waals surface area contributed by atoms with Crippen molar-refractivity contribution in [1.29, 1.82) is 0 Å². The highest BCUT2D eigenvalue weighted by atomic mass is 32.2. The molecule has 22 heavy (non-hydrogen) atoms. The fourth-order valence-electron chi connectivity index (χ4n) is 3.40. The molecule has 0 aromatic heterocycles. The van der Waals surface area contributed by atoms with Crippen LogP contribution in [0.15, 0.2) is 0 Å². The Morgan fingerprint density at radius 1 is 1.09 bits per heavy atom. The summed E-state index contributed by atoms with van der Waals surface area (Å²) in [6, 6.07) is 0. The van der Waals surface area contributed by atoms with E-state index in [-0.39, 0.29) is 23.0 Å². The molecular formula is C16H29NO4S. The number of ether oxygens (including phenoxy) is 1. The molecule has 2 fully saturated rings. The summed E-state index contributed by atoms with van der Waals surface area (Å²) >= 11 is 0. The Morgan fingerprint density at radius 3 is 2.50 bits per heavy atom. The zero-order chi connectivity index (χ0) is 16.0. The molecule has 1 heterocycles. The normalized spacial score (nSPS) is 24.4. The number of nitrogens with zero attached hydrogens (tertiary/aromatic N) is 1. The van der Waals surface area contributed by atoms with Crippen LogP contribution in [0.5, 0.6) is 0 Å². The standard InChI is InChI=1S/C16H29NO4S/c1-2-12-21-14-6-5-10-17(11-9-14)16(18)13-22(19,20)15-7-3-4-8-15/h14-15H,2-13H2,1H3/t14-/m0/s1. The summed E-state index contributed by atoms with van der Waals surface area (Å²) in [5.41, 5.74) is 0. The number of amides is 1. The fraction of sp³-hybridized carbons (Fsp3) is 0.938. The SMILES string of the molecule is CCCO[C@H]1CCCN(C(=O)CS(=O)(=O)C2CCCC2)CC1. The van der Waals surface area contributed by atoms with E-state index in [1.807, 2.05) is 0 Å². The van der Waals surface area contributed by atoms with Crippen LogP contribution >= 0.6 is 0 Å². The molecule has 1 saturated carbocycles. The molecule has 0 unspecified atom stereocenters. The Morgan fingerprint density at radius 2 is 1.82 bits per heavy atom. The first-order chi connectivity index (χ1) is 10.5. The number of rotatable bonds is 6. The van der Waals surface area contributed by atoms with Crippen molar-refractivity contribution in [3.8, 4) is 0 Å². The Balaban J connectivity index is 1.84. The summed E-state index contributed by atoms with van der Waals surface area (Å²) in [7, 11) is -3.27. The maximum atomic E-state index is 12.3. The summed E-state index contributed by atoms with van der Waals surface area (Å²) in [5.74, 6) is -0.527. The number of carbonyl (C=O) groups excluding carboxylic acids is 1. The van der Waals surface area contributed by atoms with Gasteiger partial charge in [-0.2, -0.15) is 0 Å². The van der Waals surface area contributed by atoms with E-state index in [4.69, 9.17) is 4.74 Å². The molecule has 0 bridgehead atoms. The van der Waals surface area contributed by atoms with E-state index in [2.05, 4.69) is 6.92 Å². The van der Waals surface area contributed by atoms with Crippen molar-refractivity contribution in [2.24, 2.45) is 0 Å². The molecular weight excluding hydrogens is 302 g/mol. The van der Waals surface area contributed by atoms with E-state index in [1.165, 1.54) is 0 Å². The Hall–Kier alpha value is -0.620. The van der Waals surface area contributed by atoms with Gasteiger partial charge in [0, 0.05) is 19.7 Å². The summed E-state index contributed by atoms with van der Waals surface area (Å²) in [5, 5.41) is -0.288. The number of hydrogen-bond donors (Lipinski definition) is 0. The molecule has 2 rings (SSSR count). The molecule has 0 aromatic rings. The summed E-state index contributed by atoms with van der Waals surface area (Å²) in [6.45, 7) is 4.12. The Bertz CT molecular complexity index is 457. The van der Waals surface area contributed by atoms with Crippen LogP contribution in [0.3, 0.4) is 0 Å². The van der Waals surface area contributed by atoms with Crippen LogP contribution in [0.25, 0.3) is 0 Å². The monoisotopic (exact) mass is 331 g/mol. The molecule has 1 atom stereocenters. The highest BCUT2D eigenvalue weighted by molar-refractivity contribution is 7.92. The lowest BCUT2D eigenvalue weighted by atomic mass is 10.2. The third kappa shape index (κ3) is 4.95. The van der Waals surface area contributed by atoms with Crippen LogP contribution < -0.4 is 0 Å². The van der Waals surface area contributed by atoms with Gasteiger partial charge in [-0.05, 0) is 38.5 Å². The van der Waals surface area contributed by atoms with E-state index in [0.29, 0.717) is 13.1 Å². The topological polar surface area (TPSA) is 63.7 Å². The number of carbonyl (C=O) groups is 1. The number of likely N-dealkylation sites (tertiary alicyclic amines) is 1. The predicted molar refractivity (Wildman–Crippen MR) is 86.5 cm³/mol.